The van der Waals surface area contributed by atoms with Crippen molar-refractivity contribution in [1.29, 1.82) is 0 Å². The molecular formula is C6H12N2O2S2. The Morgan fingerprint density at radius 1 is 0.917 bits per heavy atom. The van der Waals surface area contributed by atoms with Crippen molar-refractivity contribution < 1.29 is 9.47 Å². The van der Waals surface area contributed by atoms with E-state index in [2.05, 4.69) is 24.4 Å². The minimum absolute atomic E-state index is 0.283. The first-order valence-electron chi connectivity index (χ1n) is 3.35. The van der Waals surface area contributed by atoms with E-state index < -0.39 is 0 Å². The maximum Gasteiger partial charge on any atom is 0.0989 e. The van der Waals surface area contributed by atoms with Crippen LogP contribution in [0.1, 0.15) is 0 Å². The lowest BCUT2D eigenvalue weighted by Gasteiger charge is -2.03. The highest BCUT2D eigenvalue weighted by molar-refractivity contribution is 7.80. The molecule has 4 N–H and O–H groups in total. The summed E-state index contributed by atoms with van der Waals surface area (Å²) in [4.78, 5) is 0.675. The van der Waals surface area contributed by atoms with Crippen LogP contribution in [0.2, 0.25) is 0 Å². The highest BCUT2D eigenvalue weighted by Crippen LogP contribution is 1.79. The summed E-state index contributed by atoms with van der Waals surface area (Å²) in [6, 6.07) is 0. The fourth-order valence-electron chi connectivity index (χ4n) is 0.463. The van der Waals surface area contributed by atoms with Crippen molar-refractivity contribution in [2.75, 3.05) is 26.4 Å². The molecule has 0 aromatic carbocycles. The van der Waals surface area contributed by atoms with Gasteiger partial charge in [0.2, 0.25) is 0 Å². The molecule has 0 heterocycles. The van der Waals surface area contributed by atoms with E-state index >= 15 is 0 Å². The van der Waals surface area contributed by atoms with Gasteiger partial charge in [-0.15, -0.1) is 0 Å². The summed E-state index contributed by atoms with van der Waals surface area (Å²) in [5, 5.41) is 0. The molecule has 70 valence electrons. The van der Waals surface area contributed by atoms with Crippen LogP contribution in [-0.2, 0) is 9.47 Å². The molecule has 0 unspecified atom stereocenters. The molecule has 0 radical (unpaired) electrons. The van der Waals surface area contributed by atoms with Gasteiger partial charge in [-0.25, -0.2) is 0 Å². The van der Waals surface area contributed by atoms with Crippen LogP contribution >= 0.6 is 24.4 Å². The lowest BCUT2D eigenvalue weighted by molar-refractivity contribution is 0.0796. The average molecular weight is 208 g/mol. The van der Waals surface area contributed by atoms with Gasteiger partial charge in [-0.05, 0) is 0 Å². The van der Waals surface area contributed by atoms with Crippen LogP contribution in [0.15, 0.2) is 0 Å². The zero-order valence-electron chi connectivity index (χ0n) is 6.62. The minimum atomic E-state index is 0.283. The van der Waals surface area contributed by atoms with Crippen LogP contribution in [0.4, 0.5) is 0 Å². The first kappa shape index (κ1) is 11.7. The first-order chi connectivity index (χ1) is 5.63. The van der Waals surface area contributed by atoms with Gasteiger partial charge in [-0.2, -0.15) is 0 Å². The van der Waals surface area contributed by atoms with E-state index in [1.807, 2.05) is 0 Å². The molecule has 12 heavy (non-hydrogen) atoms. The lowest BCUT2D eigenvalue weighted by Crippen LogP contribution is -2.20. The Balaban J connectivity index is 3.01. The number of nitrogens with two attached hydrogens (primary N) is 2. The molecule has 0 spiro atoms. The van der Waals surface area contributed by atoms with E-state index in [9.17, 15) is 0 Å². The second kappa shape index (κ2) is 7.35. The Morgan fingerprint density at radius 2 is 1.25 bits per heavy atom. The Hall–Kier alpha value is -0.300. The van der Waals surface area contributed by atoms with Crippen LogP contribution in [0, 0.1) is 0 Å². The number of thiocarbonyl (C=S) groups is 2. The van der Waals surface area contributed by atoms with Gasteiger partial charge in [0.05, 0.1) is 36.4 Å². The van der Waals surface area contributed by atoms with Crippen molar-refractivity contribution >= 4 is 34.4 Å². The Kier molecular flexibility index (Phi) is 7.17. The van der Waals surface area contributed by atoms with E-state index in [0.717, 1.165) is 0 Å². The third-order valence-electron chi connectivity index (χ3n) is 0.861. The predicted octanol–water partition coefficient (Wildman–Crippen LogP) is -0.408. The van der Waals surface area contributed by atoms with E-state index in [1.165, 1.54) is 0 Å². The molecule has 6 heteroatoms. The Morgan fingerprint density at radius 3 is 1.50 bits per heavy atom. The Bertz CT molecular complexity index is 146. The van der Waals surface area contributed by atoms with Crippen LogP contribution < -0.4 is 11.5 Å². The normalized spacial score (nSPS) is 9.67. The van der Waals surface area contributed by atoms with Crippen molar-refractivity contribution in [1.82, 2.24) is 0 Å². The van der Waals surface area contributed by atoms with Gasteiger partial charge >= 0.3 is 0 Å². The summed E-state index contributed by atoms with van der Waals surface area (Å²) in [6.45, 7) is 1.46. The summed E-state index contributed by atoms with van der Waals surface area (Å²) in [6.07, 6.45) is 0. The van der Waals surface area contributed by atoms with Crippen LogP contribution in [0.3, 0.4) is 0 Å². The molecule has 0 aliphatic heterocycles. The SMILES string of the molecule is NC(=S)COCCOCC(N)=S. The van der Waals surface area contributed by atoms with Gasteiger partial charge in [0.25, 0.3) is 0 Å². The van der Waals surface area contributed by atoms with Gasteiger partial charge in [-0.3, -0.25) is 0 Å². The van der Waals surface area contributed by atoms with Gasteiger partial charge in [0, 0.05) is 0 Å². The summed E-state index contributed by atoms with van der Waals surface area (Å²) >= 11 is 9.17. The van der Waals surface area contributed by atoms with Gasteiger partial charge in [-0.1, -0.05) is 24.4 Å². The predicted molar refractivity (Wildman–Crippen MR) is 55.2 cm³/mol. The molecule has 0 aromatic rings. The molecule has 0 fully saturated rings. The monoisotopic (exact) mass is 208 g/mol. The fourth-order valence-corrected chi connectivity index (χ4v) is 0.630. The number of hydrogen-bond donors (Lipinski definition) is 2. The zero-order valence-corrected chi connectivity index (χ0v) is 8.25. The van der Waals surface area contributed by atoms with Crippen LogP contribution in [-0.4, -0.2) is 36.4 Å². The van der Waals surface area contributed by atoms with E-state index in [0.29, 0.717) is 23.2 Å². The molecular weight excluding hydrogens is 196 g/mol. The number of hydrogen-bond acceptors (Lipinski definition) is 4. The quantitative estimate of drug-likeness (QED) is 0.438. The van der Waals surface area contributed by atoms with Crippen LogP contribution in [0.5, 0.6) is 0 Å². The molecule has 0 atom stereocenters. The molecule has 0 rings (SSSR count). The number of rotatable bonds is 7. The molecule has 4 nitrogen and oxygen atoms in total. The maximum atomic E-state index is 5.18. The Labute approximate surface area is 82.2 Å². The van der Waals surface area contributed by atoms with E-state index in [4.69, 9.17) is 20.9 Å². The molecule has 0 aliphatic rings. The van der Waals surface area contributed by atoms with Crippen molar-refractivity contribution in [3.63, 3.8) is 0 Å². The molecule has 0 aromatic heterocycles. The second-order valence-electron chi connectivity index (χ2n) is 2.04. The highest BCUT2D eigenvalue weighted by Gasteiger charge is 1.92. The topological polar surface area (TPSA) is 70.5 Å². The van der Waals surface area contributed by atoms with E-state index in [-0.39, 0.29) is 13.2 Å². The molecule has 0 saturated heterocycles. The van der Waals surface area contributed by atoms with Gasteiger partial charge in [0.1, 0.15) is 0 Å². The third-order valence-corrected chi connectivity index (χ3v) is 1.10. The first-order valence-corrected chi connectivity index (χ1v) is 4.16. The zero-order chi connectivity index (χ0) is 9.40. The molecule has 0 saturated carbocycles. The summed E-state index contributed by atoms with van der Waals surface area (Å²) < 4.78 is 10.0. The van der Waals surface area contributed by atoms with Crippen molar-refractivity contribution in [3.05, 3.63) is 0 Å². The molecule has 0 amide bonds. The standard InChI is InChI=1S/C6H12N2O2S2/c7-5(11)3-9-1-2-10-4-6(8)12/h1-4H2,(H2,7,11)(H2,8,12). The number of ether oxygens (including phenoxy) is 2. The lowest BCUT2D eigenvalue weighted by atomic mass is 10.7. The van der Waals surface area contributed by atoms with E-state index in [1.54, 1.807) is 0 Å². The van der Waals surface area contributed by atoms with Gasteiger partial charge in [0.15, 0.2) is 0 Å². The van der Waals surface area contributed by atoms with Crippen LogP contribution in [0.25, 0.3) is 0 Å². The maximum absolute atomic E-state index is 5.18. The summed E-state index contributed by atoms with van der Waals surface area (Å²) in [5.74, 6) is 0. The summed E-state index contributed by atoms with van der Waals surface area (Å²) in [5.41, 5.74) is 10.4. The second-order valence-corrected chi connectivity index (χ2v) is 3.09. The van der Waals surface area contributed by atoms with Crippen molar-refractivity contribution in [3.8, 4) is 0 Å². The molecule has 0 aliphatic carbocycles. The average Bonchev–Trinajstić information content (AvgIpc) is 1.95. The fraction of sp³-hybridized carbons (Fsp3) is 0.667. The van der Waals surface area contributed by atoms with Crippen molar-refractivity contribution in [2.24, 2.45) is 11.5 Å². The third kappa shape index (κ3) is 9.70. The highest BCUT2D eigenvalue weighted by atomic mass is 32.1. The van der Waals surface area contributed by atoms with Crippen molar-refractivity contribution in [2.45, 2.75) is 0 Å². The van der Waals surface area contributed by atoms with Gasteiger partial charge < -0.3 is 20.9 Å². The smallest absolute Gasteiger partial charge is 0.0989 e. The summed E-state index contributed by atoms with van der Waals surface area (Å²) in [7, 11) is 0. The largest absolute Gasteiger partial charge is 0.391 e. The molecule has 0 bridgehead atoms. The minimum Gasteiger partial charge on any atom is -0.391 e.